The Morgan fingerprint density at radius 2 is 1.29 bits per heavy atom. The molecule has 1 amide bonds. The zero-order valence-corrected chi connectivity index (χ0v) is 50.6. The Morgan fingerprint density at radius 1 is 0.686 bits per heavy atom. The number of carbonyl (C=O) groups is 1. The third kappa shape index (κ3) is 14.3. The Morgan fingerprint density at radius 3 is 1.90 bits per heavy atom. The molecule has 8 rings (SSSR count). The molecule has 8 aromatic rings. The fourth-order valence-electron chi connectivity index (χ4n) is 8.34. The van der Waals surface area contributed by atoms with Crippen molar-refractivity contribution in [2.24, 2.45) is 30.7 Å². The zero-order valence-electron chi connectivity index (χ0n) is 44.0. The Hall–Kier alpha value is -7.63. The van der Waals surface area contributed by atoms with Gasteiger partial charge in [-0.3, -0.25) is 36.5 Å². The number of imidazole rings is 1. The van der Waals surface area contributed by atoms with Gasteiger partial charge in [0.2, 0.25) is 16.9 Å². The molecule has 454 valence electrons. The van der Waals surface area contributed by atoms with Crippen molar-refractivity contribution in [2.45, 2.75) is 65.0 Å². The summed E-state index contributed by atoms with van der Waals surface area (Å²) in [5, 5.41) is 48.7. The van der Waals surface area contributed by atoms with Gasteiger partial charge in [0.15, 0.2) is 11.3 Å². The minimum Gasteiger partial charge on any atom is -0.493 e. The molecule has 40 heteroatoms. The fourth-order valence-corrected chi connectivity index (χ4v) is 14.2. The van der Waals surface area contributed by atoms with Crippen LogP contribution >= 0.6 is 23.1 Å². The number of thioether (sulfide) groups is 1. The summed E-state index contributed by atoms with van der Waals surface area (Å²) in [7, 11) is -29.7. The van der Waals surface area contributed by atoms with Crippen LogP contribution in [-0.2, 0) is 65.5 Å². The summed E-state index contributed by atoms with van der Waals surface area (Å²) in [4.78, 5) is 16.6. The topological polar surface area (TPSA) is 513 Å². The molecule has 0 spiro atoms. The van der Waals surface area contributed by atoms with E-state index in [9.17, 15) is 93.0 Å². The van der Waals surface area contributed by atoms with Crippen molar-refractivity contribution >= 4 is 167 Å². The Balaban J connectivity index is 1.21. The maximum absolute atomic E-state index is 12.6. The number of benzene rings is 5. The summed E-state index contributed by atoms with van der Waals surface area (Å²) in [6, 6.07) is 11.7. The molecule has 0 atom stereocenters. The average molecular weight is 1340 g/mol. The Bertz CT molecular complexity index is 5080. The highest BCUT2D eigenvalue weighted by atomic mass is 32.2. The van der Waals surface area contributed by atoms with Gasteiger partial charge in [-0.2, -0.15) is 60.9 Å². The molecule has 32 nitrogen and oxygen atoms in total. The number of amides is 1. The number of nitrogens with zero attached hydrogens (tertiary/aromatic N) is 10. The normalized spacial score (nSPS) is 13.1. The molecule has 0 radical (unpaired) electrons. The molecule has 8 N–H and O–H groups in total. The third-order valence-corrected chi connectivity index (χ3v) is 19.3. The highest BCUT2D eigenvalue weighted by molar-refractivity contribution is 7.99. The van der Waals surface area contributed by atoms with Gasteiger partial charge in [-0.25, -0.2) is 9.97 Å². The van der Waals surface area contributed by atoms with E-state index >= 15 is 0 Å². The van der Waals surface area contributed by atoms with Crippen molar-refractivity contribution in [1.82, 2.24) is 14.4 Å². The molecule has 86 heavy (non-hydrogen) atoms. The predicted molar refractivity (Wildman–Crippen MR) is 308 cm³/mol. The first kappa shape index (κ1) is 64.4. The maximum Gasteiger partial charge on any atom is 0.298 e. The van der Waals surface area contributed by atoms with E-state index in [0.717, 1.165) is 35.2 Å². The number of aromatic nitrogens is 3. The number of aromatic hydroxyl groups is 1. The molecule has 0 aliphatic carbocycles. The number of ether oxygens (including phenoxy) is 1. The van der Waals surface area contributed by atoms with Crippen LogP contribution in [0.2, 0.25) is 0 Å². The molecule has 5 aromatic carbocycles. The lowest BCUT2D eigenvalue weighted by molar-refractivity contribution is -0.114. The van der Waals surface area contributed by atoms with E-state index in [-0.39, 0.29) is 107 Å². The van der Waals surface area contributed by atoms with Gasteiger partial charge in [-0.05, 0) is 99.0 Å². The number of azo groups is 3. The smallest absolute Gasteiger partial charge is 0.298 e. The standard InChI is InChI=1S/C46H41N11O21S8/c1-21-13-32(53-55-39-23(3)28(20-47)44-49-40-34(57(44)45(39)59)8-7-29(48-24(4)58)43(40)86(75,76)77)35(78-9-5-11-81(60,61)62)18-30(21)51-54-33-14-22(2)31(19-36(33)79-10-6-12-82(63,64)65)52-56-46-50-41-38(85(72,73)74)17-26-27(42(41)80-46)15-25(83(66,67)68)16-37(26)84(69,70)71/h7-8,13-19,59H,5-6,9-12H2,1-4H3,(H,48,58)(H,60,61,62)(H,63,64,65)(H,66,67,68)(H,69,70,71)(H,72,73,74)(H,75,76,77). The summed E-state index contributed by atoms with van der Waals surface area (Å²) in [6.07, 6.45) is -0.326. The minimum atomic E-state index is -5.32. The number of fused-ring (bicyclic) bond motifs is 6. The van der Waals surface area contributed by atoms with Crippen molar-refractivity contribution in [3.8, 4) is 17.7 Å². The Kier molecular flexibility index (Phi) is 17.9. The van der Waals surface area contributed by atoms with E-state index in [1.54, 1.807) is 13.8 Å². The van der Waals surface area contributed by atoms with Crippen molar-refractivity contribution in [1.29, 1.82) is 5.26 Å². The number of nitriles is 1. The lowest BCUT2D eigenvalue weighted by Gasteiger charge is -2.12. The summed E-state index contributed by atoms with van der Waals surface area (Å²) < 4.78 is 212. The number of nitrogens with one attached hydrogen (secondary N) is 1. The van der Waals surface area contributed by atoms with Gasteiger partial charge >= 0.3 is 0 Å². The molecule has 0 bridgehead atoms. The van der Waals surface area contributed by atoms with Gasteiger partial charge in [-0.15, -0.1) is 37.3 Å². The van der Waals surface area contributed by atoms with Crippen LogP contribution in [0.25, 0.3) is 37.7 Å². The van der Waals surface area contributed by atoms with Crippen LogP contribution in [0.4, 0.5) is 39.3 Å². The first-order valence-electron chi connectivity index (χ1n) is 23.7. The number of rotatable bonds is 21. The van der Waals surface area contributed by atoms with E-state index in [1.807, 2.05) is 6.07 Å². The second-order valence-electron chi connectivity index (χ2n) is 18.3. The van der Waals surface area contributed by atoms with E-state index < -0.39 is 120 Å². The van der Waals surface area contributed by atoms with Crippen LogP contribution in [-0.4, -0.2) is 127 Å². The van der Waals surface area contributed by atoms with Gasteiger partial charge in [0.1, 0.15) is 48.8 Å². The highest BCUT2D eigenvalue weighted by Gasteiger charge is 2.30. The molecule has 0 saturated heterocycles. The molecule has 0 unspecified atom stereocenters. The predicted octanol–water partition coefficient (Wildman–Crippen LogP) is 8.97. The SMILES string of the molecule is CC(=O)Nc1ccc2c(nc3c(C#N)c(C)c(N=Nc4cc(C)c(N=Nc5cc(C)c(N=Nc6nc7c(S(=O)(=O)O)cc8c(S(=O)(=O)O)cc(S(=O)(=O)O)cc8c7s6)cc5SCCCS(=O)(=O)O)cc4OCCCS(=O)(=O)O)c(O)n32)c1S(=O)(=O)O. The number of anilines is 1. The number of thiazole rings is 1. The van der Waals surface area contributed by atoms with Crippen molar-refractivity contribution in [3.63, 3.8) is 0 Å². The summed E-state index contributed by atoms with van der Waals surface area (Å²) in [6.45, 7) is 5.21. The first-order valence-corrected chi connectivity index (χ1v) is 34.5. The minimum absolute atomic E-state index is 0.0164. The molecule has 3 aromatic heterocycles. The van der Waals surface area contributed by atoms with Crippen LogP contribution in [0, 0.1) is 32.1 Å². The second-order valence-corrected chi connectivity index (χ2v) is 29.1. The largest absolute Gasteiger partial charge is 0.493 e. The van der Waals surface area contributed by atoms with Gasteiger partial charge in [0, 0.05) is 34.2 Å². The van der Waals surface area contributed by atoms with Crippen LogP contribution in [0.5, 0.6) is 11.6 Å². The third-order valence-electron chi connectivity index (χ3n) is 12.1. The number of pyridine rings is 1. The lowest BCUT2D eigenvalue weighted by atomic mass is 10.1. The molecule has 0 aliphatic rings. The summed E-state index contributed by atoms with van der Waals surface area (Å²) >= 11 is 1.56. The molecule has 3 heterocycles. The van der Waals surface area contributed by atoms with E-state index in [2.05, 4.69) is 46.0 Å². The number of hydrogen-bond acceptors (Lipinski definition) is 26. The van der Waals surface area contributed by atoms with Crippen LogP contribution < -0.4 is 10.1 Å². The average Bonchev–Trinajstić information content (AvgIpc) is 1.49. The molecular weight excluding hydrogens is 1300 g/mol. The maximum atomic E-state index is 12.6. The van der Waals surface area contributed by atoms with Gasteiger partial charge < -0.3 is 15.2 Å². The molecular formula is C46H41N11O21S8. The number of carbonyl (C=O) groups excluding carboxylic acids is 1. The summed E-state index contributed by atoms with van der Waals surface area (Å²) in [5.41, 5.74) is -1.50. The molecule has 0 aliphatic heterocycles. The number of aryl methyl sites for hydroxylation is 2. The summed E-state index contributed by atoms with van der Waals surface area (Å²) in [5.74, 6) is -2.85. The van der Waals surface area contributed by atoms with Crippen LogP contribution in [0.1, 0.15) is 42.0 Å². The van der Waals surface area contributed by atoms with Crippen molar-refractivity contribution < 1.29 is 92.5 Å². The molecule has 0 saturated carbocycles. The van der Waals surface area contributed by atoms with Crippen LogP contribution in [0.3, 0.4) is 0 Å². The highest BCUT2D eigenvalue weighted by Crippen LogP contribution is 2.45. The van der Waals surface area contributed by atoms with E-state index in [4.69, 9.17) is 4.74 Å². The van der Waals surface area contributed by atoms with E-state index in [1.165, 1.54) is 37.3 Å². The van der Waals surface area contributed by atoms with Gasteiger partial charge in [-0.1, -0.05) is 11.3 Å². The quantitative estimate of drug-likeness (QED) is 0.0144. The van der Waals surface area contributed by atoms with Gasteiger partial charge in [0.25, 0.3) is 60.7 Å². The monoisotopic (exact) mass is 1340 g/mol. The number of hydrogen-bond donors (Lipinski definition) is 8. The van der Waals surface area contributed by atoms with E-state index in [0.29, 0.717) is 34.6 Å². The van der Waals surface area contributed by atoms with Gasteiger partial charge in [0.05, 0.1) is 56.0 Å². The fraction of sp³-hybridized carbons (Fsp3) is 0.217. The lowest BCUT2D eigenvalue weighted by Crippen LogP contribution is -2.11. The second kappa shape index (κ2) is 23.9. The first-order chi connectivity index (χ1) is 39.8. The van der Waals surface area contributed by atoms with Crippen molar-refractivity contribution in [3.05, 3.63) is 76.9 Å². The van der Waals surface area contributed by atoms with Crippen LogP contribution in [0.15, 0.2) is 110 Å². The zero-order chi connectivity index (χ0) is 63.4. The molecule has 0 fully saturated rings. The van der Waals surface area contributed by atoms with Crippen molar-refractivity contribution in [2.75, 3.05) is 29.2 Å². The Labute approximate surface area is 494 Å².